The Balaban J connectivity index is 1.54. The Labute approximate surface area is 171 Å². The van der Waals surface area contributed by atoms with Crippen molar-refractivity contribution in [1.82, 2.24) is 20.2 Å². The van der Waals surface area contributed by atoms with E-state index in [2.05, 4.69) is 56.4 Å². The molecule has 0 radical (unpaired) electrons. The Morgan fingerprint density at radius 1 is 1.04 bits per heavy atom. The molecule has 28 heavy (non-hydrogen) atoms. The molecule has 0 spiro atoms. The highest BCUT2D eigenvalue weighted by atomic mass is 35.5. The normalized spacial score (nSPS) is 11.4. The van der Waals surface area contributed by atoms with Crippen molar-refractivity contribution >= 4 is 17.6 Å². The Kier molecular flexibility index (Phi) is 7.50. The first-order valence-electron chi connectivity index (χ1n) is 9.55. The van der Waals surface area contributed by atoms with Crippen LogP contribution in [0.4, 0.5) is 0 Å². The summed E-state index contributed by atoms with van der Waals surface area (Å²) < 4.78 is 2.19. The van der Waals surface area contributed by atoms with Gasteiger partial charge in [0, 0.05) is 43.5 Å². The van der Waals surface area contributed by atoms with Crippen molar-refractivity contribution in [2.75, 3.05) is 13.1 Å². The summed E-state index contributed by atoms with van der Waals surface area (Å²) in [7, 11) is 0. The van der Waals surface area contributed by atoms with E-state index in [1.54, 1.807) is 0 Å². The summed E-state index contributed by atoms with van der Waals surface area (Å²) in [6, 6.07) is 18.2. The highest BCUT2D eigenvalue weighted by Crippen LogP contribution is 2.10. The number of aromatic nitrogens is 2. The van der Waals surface area contributed by atoms with Gasteiger partial charge in [-0.25, -0.2) is 9.98 Å². The maximum atomic E-state index is 5.94. The van der Waals surface area contributed by atoms with Gasteiger partial charge in [-0.15, -0.1) is 0 Å². The van der Waals surface area contributed by atoms with E-state index in [1.165, 1.54) is 5.56 Å². The third kappa shape index (κ3) is 6.13. The van der Waals surface area contributed by atoms with Crippen molar-refractivity contribution in [3.63, 3.8) is 0 Å². The minimum absolute atomic E-state index is 0.606. The first-order valence-corrected chi connectivity index (χ1v) is 9.93. The number of rotatable bonds is 8. The van der Waals surface area contributed by atoms with Crippen molar-refractivity contribution in [1.29, 1.82) is 0 Å². The lowest BCUT2D eigenvalue weighted by atomic mass is 10.2. The molecule has 5 nitrogen and oxygen atoms in total. The molecule has 0 fully saturated rings. The number of aliphatic imine (C=N–C) groups is 1. The van der Waals surface area contributed by atoms with E-state index < -0.39 is 0 Å². The van der Waals surface area contributed by atoms with Crippen LogP contribution < -0.4 is 10.6 Å². The second kappa shape index (κ2) is 10.5. The van der Waals surface area contributed by atoms with Gasteiger partial charge in [0.15, 0.2) is 5.96 Å². The van der Waals surface area contributed by atoms with Gasteiger partial charge in [-0.05, 0) is 30.2 Å². The maximum Gasteiger partial charge on any atom is 0.191 e. The van der Waals surface area contributed by atoms with Crippen molar-refractivity contribution < 1.29 is 0 Å². The lowest BCUT2D eigenvalue weighted by Gasteiger charge is -2.12. The second-order valence-electron chi connectivity index (χ2n) is 6.46. The molecule has 0 amide bonds. The Bertz CT molecular complexity index is 871. The lowest BCUT2D eigenvalue weighted by molar-refractivity contribution is 0.694. The molecule has 2 N–H and O–H groups in total. The molecule has 0 aliphatic rings. The summed E-state index contributed by atoms with van der Waals surface area (Å²) in [4.78, 5) is 9.15. The number of guanidine groups is 1. The molecular formula is C22H26ClN5. The third-order valence-electron chi connectivity index (χ3n) is 4.32. The van der Waals surface area contributed by atoms with Crippen LogP contribution in [-0.2, 0) is 19.5 Å². The molecule has 3 rings (SSSR count). The molecular weight excluding hydrogens is 370 g/mol. The zero-order valence-corrected chi connectivity index (χ0v) is 16.9. The van der Waals surface area contributed by atoms with E-state index in [0.717, 1.165) is 48.4 Å². The number of hydrogen-bond donors (Lipinski definition) is 2. The summed E-state index contributed by atoms with van der Waals surface area (Å²) in [6.07, 6.45) is 4.71. The molecule has 0 bridgehead atoms. The third-order valence-corrected chi connectivity index (χ3v) is 4.57. The molecule has 1 aromatic heterocycles. The zero-order valence-electron chi connectivity index (χ0n) is 16.1. The van der Waals surface area contributed by atoms with Crippen LogP contribution in [0.25, 0.3) is 0 Å². The summed E-state index contributed by atoms with van der Waals surface area (Å²) in [5.41, 5.74) is 2.40. The van der Waals surface area contributed by atoms with E-state index in [-0.39, 0.29) is 0 Å². The molecule has 1 heterocycles. The van der Waals surface area contributed by atoms with Crippen LogP contribution in [0.15, 0.2) is 72.0 Å². The Morgan fingerprint density at radius 3 is 2.57 bits per heavy atom. The molecule has 3 aromatic rings. The number of benzene rings is 2. The average Bonchev–Trinajstić information content (AvgIpc) is 3.15. The van der Waals surface area contributed by atoms with Crippen LogP contribution in [0.2, 0.25) is 5.02 Å². The lowest BCUT2D eigenvalue weighted by Crippen LogP contribution is -2.38. The number of halogens is 1. The minimum Gasteiger partial charge on any atom is -0.357 e. The summed E-state index contributed by atoms with van der Waals surface area (Å²) in [5, 5.41) is 7.42. The molecule has 146 valence electrons. The van der Waals surface area contributed by atoms with Crippen molar-refractivity contribution in [3.05, 3.63) is 89.0 Å². The molecule has 0 atom stereocenters. The fourth-order valence-electron chi connectivity index (χ4n) is 2.89. The van der Waals surface area contributed by atoms with Crippen molar-refractivity contribution in [2.45, 2.75) is 26.4 Å². The van der Waals surface area contributed by atoms with Gasteiger partial charge in [0.05, 0.1) is 6.54 Å². The van der Waals surface area contributed by atoms with E-state index in [1.807, 2.05) is 42.7 Å². The molecule has 0 aliphatic heterocycles. The largest absolute Gasteiger partial charge is 0.357 e. The number of hydrogen-bond acceptors (Lipinski definition) is 2. The predicted octanol–water partition coefficient (Wildman–Crippen LogP) is 3.88. The Hall–Kier alpha value is -2.79. The molecule has 2 aromatic carbocycles. The van der Waals surface area contributed by atoms with E-state index in [0.29, 0.717) is 6.54 Å². The molecule has 0 saturated heterocycles. The van der Waals surface area contributed by atoms with Gasteiger partial charge >= 0.3 is 0 Å². The quantitative estimate of drug-likeness (QED) is 0.449. The predicted molar refractivity (Wildman–Crippen MR) is 116 cm³/mol. The topological polar surface area (TPSA) is 54.2 Å². The van der Waals surface area contributed by atoms with Gasteiger partial charge in [-0.3, -0.25) is 0 Å². The smallest absolute Gasteiger partial charge is 0.191 e. The summed E-state index contributed by atoms with van der Waals surface area (Å²) in [6.45, 7) is 5.08. The monoisotopic (exact) mass is 395 g/mol. The van der Waals surface area contributed by atoms with Gasteiger partial charge in [-0.1, -0.05) is 54.1 Å². The van der Waals surface area contributed by atoms with E-state index >= 15 is 0 Å². The van der Waals surface area contributed by atoms with Crippen LogP contribution in [-0.4, -0.2) is 28.6 Å². The molecule has 0 saturated carbocycles. The average molecular weight is 396 g/mol. The van der Waals surface area contributed by atoms with E-state index in [9.17, 15) is 0 Å². The first-order chi connectivity index (χ1) is 13.7. The minimum atomic E-state index is 0.606. The zero-order chi connectivity index (χ0) is 19.6. The number of nitrogens with zero attached hydrogens (tertiary/aromatic N) is 3. The highest BCUT2D eigenvalue weighted by Gasteiger charge is 2.05. The maximum absolute atomic E-state index is 5.94. The highest BCUT2D eigenvalue weighted by molar-refractivity contribution is 6.30. The molecule has 0 aliphatic carbocycles. The summed E-state index contributed by atoms with van der Waals surface area (Å²) >= 11 is 5.94. The number of nitrogens with one attached hydrogen (secondary N) is 2. The SMILES string of the molecule is CCNC(=NCc1ccc(Cl)cc1)NCCc1nccn1Cc1ccccc1. The van der Waals surface area contributed by atoms with Crippen LogP contribution in [0.3, 0.4) is 0 Å². The van der Waals surface area contributed by atoms with Crippen LogP contribution in [0, 0.1) is 0 Å². The molecule has 0 unspecified atom stereocenters. The van der Waals surface area contributed by atoms with Gasteiger partial charge < -0.3 is 15.2 Å². The second-order valence-corrected chi connectivity index (χ2v) is 6.89. The fraction of sp³-hybridized carbons (Fsp3) is 0.273. The van der Waals surface area contributed by atoms with Crippen LogP contribution >= 0.6 is 11.6 Å². The van der Waals surface area contributed by atoms with Gasteiger partial charge in [0.2, 0.25) is 0 Å². The van der Waals surface area contributed by atoms with Crippen LogP contribution in [0.5, 0.6) is 0 Å². The molecule has 6 heteroatoms. The fourth-order valence-corrected chi connectivity index (χ4v) is 3.01. The van der Waals surface area contributed by atoms with Gasteiger partial charge in [-0.2, -0.15) is 0 Å². The van der Waals surface area contributed by atoms with Gasteiger partial charge in [0.1, 0.15) is 5.82 Å². The Morgan fingerprint density at radius 2 is 1.82 bits per heavy atom. The first kappa shape index (κ1) is 20.0. The number of imidazole rings is 1. The van der Waals surface area contributed by atoms with Gasteiger partial charge in [0.25, 0.3) is 0 Å². The van der Waals surface area contributed by atoms with Crippen molar-refractivity contribution in [3.8, 4) is 0 Å². The standard InChI is InChI=1S/C22H26ClN5/c1-2-24-22(27-16-18-8-10-20(23)11-9-18)26-13-12-21-25-14-15-28(21)17-19-6-4-3-5-7-19/h3-11,14-15H,2,12-13,16-17H2,1H3,(H2,24,26,27). The van der Waals surface area contributed by atoms with Crippen LogP contribution in [0.1, 0.15) is 23.9 Å². The summed E-state index contributed by atoms with van der Waals surface area (Å²) in [5.74, 6) is 1.86. The van der Waals surface area contributed by atoms with E-state index in [4.69, 9.17) is 11.6 Å². The van der Waals surface area contributed by atoms with Crippen molar-refractivity contribution in [2.24, 2.45) is 4.99 Å².